The van der Waals surface area contributed by atoms with Gasteiger partial charge in [0.25, 0.3) is 0 Å². The first-order valence-electron chi connectivity index (χ1n) is 9.42. The maximum absolute atomic E-state index is 13.2. The fourth-order valence-corrected chi connectivity index (χ4v) is 3.94. The van der Waals surface area contributed by atoms with Crippen molar-refractivity contribution in [2.45, 2.75) is 32.2 Å². The van der Waals surface area contributed by atoms with Gasteiger partial charge in [0.15, 0.2) is 5.65 Å². The fraction of sp³-hybridized carbons (Fsp3) is 0.381. The molecule has 0 bridgehead atoms. The maximum Gasteiger partial charge on any atom is 0.227 e. The van der Waals surface area contributed by atoms with Gasteiger partial charge in [-0.3, -0.25) is 4.79 Å². The van der Waals surface area contributed by atoms with Crippen LogP contribution < -0.4 is 9.47 Å². The number of hydrogen-bond acceptors (Lipinski definition) is 5. The van der Waals surface area contributed by atoms with E-state index in [2.05, 4.69) is 10.1 Å². The number of amides is 1. The van der Waals surface area contributed by atoms with Gasteiger partial charge in [0.2, 0.25) is 5.91 Å². The summed E-state index contributed by atoms with van der Waals surface area (Å²) < 4.78 is 12.6. The van der Waals surface area contributed by atoms with E-state index >= 15 is 0 Å². The molecule has 0 aliphatic carbocycles. The number of methoxy groups -OCH3 is 2. The van der Waals surface area contributed by atoms with Gasteiger partial charge in [0.1, 0.15) is 11.5 Å². The van der Waals surface area contributed by atoms with E-state index in [-0.39, 0.29) is 18.4 Å². The third-order valence-corrected chi connectivity index (χ3v) is 5.25. The highest BCUT2D eigenvalue weighted by Crippen LogP contribution is 2.33. The summed E-state index contributed by atoms with van der Waals surface area (Å²) in [5.41, 5.74) is 3.55. The number of likely N-dealkylation sites (tertiary alicyclic amines) is 1. The zero-order valence-electron chi connectivity index (χ0n) is 16.4. The number of ether oxygens (including phenoxy) is 2. The predicted molar refractivity (Wildman–Crippen MR) is 105 cm³/mol. The number of hydrogen-bond donors (Lipinski definition) is 0. The molecule has 3 aromatic rings. The molecule has 0 spiro atoms. The number of nitrogens with zero attached hydrogens (tertiary/aromatic N) is 4. The third-order valence-electron chi connectivity index (χ3n) is 5.25. The Hall–Kier alpha value is -3.09. The van der Waals surface area contributed by atoms with Crippen molar-refractivity contribution in [3.8, 4) is 11.5 Å². The lowest BCUT2D eigenvalue weighted by Gasteiger charge is -2.25. The van der Waals surface area contributed by atoms with Crippen molar-refractivity contribution in [2.75, 3.05) is 20.8 Å². The molecule has 146 valence electrons. The first-order chi connectivity index (χ1) is 13.6. The van der Waals surface area contributed by atoms with Crippen LogP contribution >= 0.6 is 0 Å². The number of carbonyl (C=O) groups is 1. The van der Waals surface area contributed by atoms with Crippen molar-refractivity contribution in [2.24, 2.45) is 0 Å². The average Bonchev–Trinajstić information content (AvgIpc) is 3.33. The summed E-state index contributed by atoms with van der Waals surface area (Å²) in [5.74, 6) is 1.48. The summed E-state index contributed by atoms with van der Waals surface area (Å²) in [6, 6.07) is 9.44. The van der Waals surface area contributed by atoms with E-state index in [0.717, 1.165) is 42.0 Å². The van der Waals surface area contributed by atoms with Crippen LogP contribution in [0, 0.1) is 6.92 Å². The molecule has 1 aliphatic heterocycles. The van der Waals surface area contributed by atoms with Crippen LogP contribution in [0.3, 0.4) is 0 Å². The van der Waals surface area contributed by atoms with Gasteiger partial charge < -0.3 is 14.4 Å². The first-order valence-corrected chi connectivity index (χ1v) is 9.42. The molecular formula is C21H24N4O3. The standard InChI is InChI=1S/C21H24N4O3/c1-14-11-20-22-9-8-18(25(20)23-14)17-5-4-10-24(17)21(26)13-15-12-16(27-2)6-7-19(15)28-3/h6-9,11-12,17H,4-5,10,13H2,1-3H3/t17-/m0/s1. The topological polar surface area (TPSA) is 69.0 Å². The van der Waals surface area contributed by atoms with Crippen LogP contribution in [0.5, 0.6) is 11.5 Å². The number of rotatable bonds is 5. The average molecular weight is 380 g/mol. The molecule has 1 aromatic carbocycles. The molecule has 0 N–H and O–H groups in total. The van der Waals surface area contributed by atoms with Crippen molar-refractivity contribution in [3.05, 3.63) is 53.5 Å². The van der Waals surface area contributed by atoms with Crippen LogP contribution in [0.4, 0.5) is 0 Å². The van der Waals surface area contributed by atoms with Crippen molar-refractivity contribution in [3.63, 3.8) is 0 Å². The first kappa shape index (κ1) is 18.3. The molecule has 7 nitrogen and oxygen atoms in total. The summed E-state index contributed by atoms with van der Waals surface area (Å²) in [6.07, 6.45) is 3.94. The molecule has 7 heteroatoms. The summed E-state index contributed by atoms with van der Waals surface area (Å²) in [4.78, 5) is 19.5. The number of benzene rings is 1. The third kappa shape index (κ3) is 3.28. The maximum atomic E-state index is 13.2. The Morgan fingerprint density at radius 3 is 2.86 bits per heavy atom. The van der Waals surface area contributed by atoms with E-state index in [1.807, 2.05) is 46.7 Å². The Balaban J connectivity index is 1.62. The highest BCUT2D eigenvalue weighted by Gasteiger charge is 2.32. The van der Waals surface area contributed by atoms with Crippen LogP contribution in [-0.2, 0) is 11.2 Å². The fourth-order valence-electron chi connectivity index (χ4n) is 3.94. The van der Waals surface area contributed by atoms with Gasteiger partial charge in [0.05, 0.1) is 38.1 Å². The van der Waals surface area contributed by atoms with Gasteiger partial charge in [-0.05, 0) is 44.0 Å². The lowest BCUT2D eigenvalue weighted by atomic mass is 10.1. The highest BCUT2D eigenvalue weighted by atomic mass is 16.5. The lowest BCUT2D eigenvalue weighted by molar-refractivity contribution is -0.131. The molecule has 3 heterocycles. The second-order valence-electron chi connectivity index (χ2n) is 7.03. The number of carbonyl (C=O) groups excluding carboxylic acids is 1. The predicted octanol–water partition coefficient (Wildman–Crippen LogP) is 2.96. The van der Waals surface area contributed by atoms with Gasteiger partial charge in [-0.2, -0.15) is 5.10 Å². The molecule has 0 saturated carbocycles. The smallest absolute Gasteiger partial charge is 0.227 e. The molecule has 28 heavy (non-hydrogen) atoms. The second-order valence-corrected chi connectivity index (χ2v) is 7.03. The van der Waals surface area contributed by atoms with E-state index in [0.29, 0.717) is 11.5 Å². The molecule has 0 unspecified atom stereocenters. The summed E-state index contributed by atoms with van der Waals surface area (Å²) >= 11 is 0. The zero-order valence-corrected chi connectivity index (χ0v) is 16.4. The molecule has 2 aromatic heterocycles. The van der Waals surface area contributed by atoms with Crippen molar-refractivity contribution in [1.29, 1.82) is 0 Å². The molecule has 1 saturated heterocycles. The lowest BCUT2D eigenvalue weighted by Crippen LogP contribution is -2.33. The van der Waals surface area contributed by atoms with Gasteiger partial charge in [-0.1, -0.05) is 0 Å². The van der Waals surface area contributed by atoms with E-state index in [4.69, 9.17) is 9.47 Å². The summed E-state index contributed by atoms with van der Waals surface area (Å²) in [6.45, 7) is 2.69. The molecule has 0 radical (unpaired) electrons. The van der Waals surface area contributed by atoms with Crippen LogP contribution in [-0.4, -0.2) is 46.2 Å². The van der Waals surface area contributed by atoms with Gasteiger partial charge in [-0.25, -0.2) is 9.50 Å². The van der Waals surface area contributed by atoms with Gasteiger partial charge in [-0.15, -0.1) is 0 Å². The Labute approximate surface area is 163 Å². The molecule has 1 fully saturated rings. The van der Waals surface area contributed by atoms with Crippen molar-refractivity contribution < 1.29 is 14.3 Å². The van der Waals surface area contributed by atoms with Gasteiger partial charge >= 0.3 is 0 Å². The van der Waals surface area contributed by atoms with Gasteiger partial charge in [0, 0.05) is 24.4 Å². The second kappa shape index (κ2) is 7.50. The van der Waals surface area contributed by atoms with Crippen LogP contribution in [0.1, 0.15) is 35.8 Å². The van der Waals surface area contributed by atoms with Crippen LogP contribution in [0.15, 0.2) is 36.5 Å². The minimum Gasteiger partial charge on any atom is -0.497 e. The van der Waals surface area contributed by atoms with Crippen LogP contribution in [0.2, 0.25) is 0 Å². The minimum absolute atomic E-state index is 0.00565. The molecule has 1 aliphatic rings. The largest absolute Gasteiger partial charge is 0.497 e. The Morgan fingerprint density at radius 2 is 2.07 bits per heavy atom. The normalized spacial score (nSPS) is 16.5. The Morgan fingerprint density at radius 1 is 1.21 bits per heavy atom. The summed E-state index contributed by atoms with van der Waals surface area (Å²) in [5, 5.41) is 4.57. The monoisotopic (exact) mass is 380 g/mol. The number of fused-ring (bicyclic) bond motifs is 1. The molecule has 4 rings (SSSR count). The van der Waals surface area contributed by atoms with E-state index < -0.39 is 0 Å². The van der Waals surface area contributed by atoms with E-state index in [1.54, 1.807) is 20.4 Å². The van der Waals surface area contributed by atoms with E-state index in [9.17, 15) is 4.79 Å². The number of aromatic nitrogens is 3. The SMILES string of the molecule is COc1ccc(OC)c(CC(=O)N2CCC[C@H]2c2ccnc3cc(C)nn23)c1. The summed E-state index contributed by atoms with van der Waals surface area (Å²) in [7, 11) is 3.23. The van der Waals surface area contributed by atoms with E-state index in [1.165, 1.54) is 0 Å². The van der Waals surface area contributed by atoms with Crippen molar-refractivity contribution >= 4 is 11.6 Å². The molecular weight excluding hydrogens is 356 g/mol. The van der Waals surface area contributed by atoms with Crippen LogP contribution in [0.25, 0.3) is 5.65 Å². The minimum atomic E-state index is -0.00565. The molecule has 1 amide bonds. The highest BCUT2D eigenvalue weighted by molar-refractivity contribution is 5.80. The quantitative estimate of drug-likeness (QED) is 0.681. The Bertz CT molecular complexity index is 1010. The van der Waals surface area contributed by atoms with Crippen molar-refractivity contribution in [1.82, 2.24) is 19.5 Å². The molecule has 1 atom stereocenters. The number of aryl methyl sites for hydroxylation is 1. The zero-order chi connectivity index (χ0) is 19.7. The Kier molecular flexibility index (Phi) is 4.90.